The van der Waals surface area contributed by atoms with E-state index in [0.717, 1.165) is 31.4 Å². The largest absolute Gasteiger partial charge is 0.481 e. The smallest absolute Gasteiger partial charge is 0.311 e. The molecule has 1 aliphatic rings. The Labute approximate surface area is 121 Å². The number of rotatable bonds is 4. The van der Waals surface area contributed by atoms with E-state index in [2.05, 4.69) is 30.9 Å². The SMILES string of the molecule is Cc1ccccc1N(C)CC1(C(=O)O)CCC(C)CC1. The molecular weight excluding hydrogens is 250 g/mol. The van der Waals surface area contributed by atoms with Crippen LogP contribution in [0.2, 0.25) is 0 Å². The van der Waals surface area contributed by atoms with E-state index in [1.54, 1.807) is 0 Å². The molecule has 1 aromatic rings. The summed E-state index contributed by atoms with van der Waals surface area (Å²) in [6.07, 6.45) is 3.63. The molecule has 0 spiro atoms. The van der Waals surface area contributed by atoms with Crippen LogP contribution in [0.25, 0.3) is 0 Å². The first kappa shape index (κ1) is 14.9. The van der Waals surface area contributed by atoms with Gasteiger partial charge in [-0.25, -0.2) is 0 Å². The highest BCUT2D eigenvalue weighted by Gasteiger charge is 2.42. The van der Waals surface area contributed by atoms with Crippen LogP contribution >= 0.6 is 0 Å². The number of carboxylic acids is 1. The summed E-state index contributed by atoms with van der Waals surface area (Å²) in [5.41, 5.74) is 1.75. The summed E-state index contributed by atoms with van der Waals surface area (Å²) in [4.78, 5) is 13.9. The lowest BCUT2D eigenvalue weighted by atomic mass is 9.70. The zero-order valence-electron chi connectivity index (χ0n) is 12.7. The van der Waals surface area contributed by atoms with Crippen molar-refractivity contribution in [1.29, 1.82) is 0 Å². The van der Waals surface area contributed by atoms with Gasteiger partial charge in [0.25, 0.3) is 0 Å². The average molecular weight is 275 g/mol. The molecule has 2 rings (SSSR count). The van der Waals surface area contributed by atoms with Crippen molar-refractivity contribution in [3.8, 4) is 0 Å². The Kier molecular flexibility index (Phi) is 4.36. The van der Waals surface area contributed by atoms with E-state index in [1.807, 2.05) is 19.2 Å². The van der Waals surface area contributed by atoms with Crippen LogP contribution in [0, 0.1) is 18.3 Å². The van der Waals surface area contributed by atoms with E-state index >= 15 is 0 Å². The van der Waals surface area contributed by atoms with Gasteiger partial charge < -0.3 is 10.0 Å². The van der Waals surface area contributed by atoms with E-state index < -0.39 is 11.4 Å². The van der Waals surface area contributed by atoms with Gasteiger partial charge in [-0.1, -0.05) is 25.1 Å². The van der Waals surface area contributed by atoms with Crippen molar-refractivity contribution in [1.82, 2.24) is 0 Å². The first-order valence-electron chi connectivity index (χ1n) is 7.45. The number of hydrogen-bond acceptors (Lipinski definition) is 2. The number of aryl methyl sites for hydroxylation is 1. The van der Waals surface area contributed by atoms with E-state index in [1.165, 1.54) is 5.56 Å². The molecule has 0 amide bonds. The summed E-state index contributed by atoms with van der Waals surface area (Å²) in [6, 6.07) is 8.16. The predicted octanol–water partition coefficient (Wildman–Crippen LogP) is 3.71. The third kappa shape index (κ3) is 2.97. The molecular formula is C17H25NO2. The maximum Gasteiger partial charge on any atom is 0.311 e. The second-order valence-electron chi connectivity index (χ2n) is 6.41. The van der Waals surface area contributed by atoms with Crippen molar-refractivity contribution in [3.05, 3.63) is 29.8 Å². The molecule has 0 saturated heterocycles. The van der Waals surface area contributed by atoms with Crippen LogP contribution in [-0.2, 0) is 4.79 Å². The Balaban J connectivity index is 2.17. The molecule has 3 nitrogen and oxygen atoms in total. The molecule has 1 saturated carbocycles. The number of carboxylic acid groups (broad SMARTS) is 1. The van der Waals surface area contributed by atoms with Gasteiger partial charge >= 0.3 is 5.97 Å². The Morgan fingerprint density at radius 1 is 1.35 bits per heavy atom. The van der Waals surface area contributed by atoms with Crippen molar-refractivity contribution < 1.29 is 9.90 Å². The normalized spacial score (nSPS) is 26.2. The van der Waals surface area contributed by atoms with Gasteiger partial charge in [-0.2, -0.15) is 0 Å². The van der Waals surface area contributed by atoms with Gasteiger partial charge in [0.05, 0.1) is 5.41 Å². The van der Waals surface area contributed by atoms with Crippen LogP contribution in [-0.4, -0.2) is 24.7 Å². The first-order chi connectivity index (χ1) is 9.44. The molecule has 3 heteroatoms. The summed E-state index contributed by atoms with van der Waals surface area (Å²) in [5.74, 6) is 0.0241. The molecule has 0 radical (unpaired) electrons. The number of benzene rings is 1. The molecule has 110 valence electrons. The number of aliphatic carboxylic acids is 1. The molecule has 0 aromatic heterocycles. The van der Waals surface area contributed by atoms with Crippen molar-refractivity contribution >= 4 is 11.7 Å². The van der Waals surface area contributed by atoms with Gasteiger partial charge in [0, 0.05) is 19.3 Å². The third-order valence-electron chi connectivity index (χ3n) is 4.75. The molecule has 0 unspecified atom stereocenters. The molecule has 1 aromatic carbocycles. The summed E-state index contributed by atoms with van der Waals surface area (Å²) in [5, 5.41) is 9.71. The minimum atomic E-state index is -0.634. The van der Waals surface area contributed by atoms with Gasteiger partial charge in [-0.05, 0) is 50.2 Å². The van der Waals surface area contributed by atoms with Crippen LogP contribution in [0.1, 0.15) is 38.2 Å². The van der Waals surface area contributed by atoms with Gasteiger partial charge in [0.15, 0.2) is 0 Å². The number of anilines is 1. The fraction of sp³-hybridized carbons (Fsp3) is 0.588. The lowest BCUT2D eigenvalue weighted by Gasteiger charge is -2.39. The Morgan fingerprint density at radius 2 is 1.95 bits per heavy atom. The minimum absolute atomic E-state index is 0.580. The molecule has 20 heavy (non-hydrogen) atoms. The Bertz CT molecular complexity index is 476. The van der Waals surface area contributed by atoms with E-state index in [9.17, 15) is 9.90 Å². The molecule has 0 aliphatic heterocycles. The lowest BCUT2D eigenvalue weighted by molar-refractivity contribution is -0.150. The number of hydrogen-bond donors (Lipinski definition) is 1. The maximum absolute atomic E-state index is 11.8. The van der Waals surface area contributed by atoms with Gasteiger partial charge in [0.1, 0.15) is 0 Å². The van der Waals surface area contributed by atoms with Crippen molar-refractivity contribution in [2.24, 2.45) is 11.3 Å². The highest BCUT2D eigenvalue weighted by atomic mass is 16.4. The van der Waals surface area contributed by atoms with E-state index in [4.69, 9.17) is 0 Å². The van der Waals surface area contributed by atoms with Crippen LogP contribution in [0.5, 0.6) is 0 Å². The zero-order chi connectivity index (χ0) is 14.8. The molecule has 0 bridgehead atoms. The van der Waals surface area contributed by atoms with Crippen LogP contribution in [0.15, 0.2) is 24.3 Å². The lowest BCUT2D eigenvalue weighted by Crippen LogP contribution is -2.44. The van der Waals surface area contributed by atoms with Crippen LogP contribution in [0.4, 0.5) is 5.69 Å². The average Bonchev–Trinajstić information content (AvgIpc) is 2.41. The topological polar surface area (TPSA) is 40.5 Å². The fourth-order valence-corrected chi connectivity index (χ4v) is 3.29. The maximum atomic E-state index is 11.8. The Hall–Kier alpha value is -1.51. The molecule has 1 fully saturated rings. The van der Waals surface area contributed by atoms with E-state index in [0.29, 0.717) is 12.5 Å². The monoisotopic (exact) mass is 275 g/mol. The summed E-state index contributed by atoms with van der Waals surface area (Å²) in [7, 11) is 2.01. The highest BCUT2D eigenvalue weighted by Crippen LogP contribution is 2.40. The third-order valence-corrected chi connectivity index (χ3v) is 4.75. The number of carbonyl (C=O) groups is 1. The van der Waals surface area contributed by atoms with Crippen molar-refractivity contribution in [3.63, 3.8) is 0 Å². The minimum Gasteiger partial charge on any atom is -0.481 e. The van der Waals surface area contributed by atoms with Crippen molar-refractivity contribution in [2.45, 2.75) is 39.5 Å². The summed E-state index contributed by atoms with van der Waals surface area (Å²) in [6.45, 7) is 4.89. The second kappa shape index (κ2) is 5.86. The van der Waals surface area contributed by atoms with Crippen LogP contribution in [0.3, 0.4) is 0 Å². The number of nitrogens with zero attached hydrogens (tertiary/aromatic N) is 1. The predicted molar refractivity (Wildman–Crippen MR) is 82.1 cm³/mol. The molecule has 0 heterocycles. The quantitative estimate of drug-likeness (QED) is 0.910. The van der Waals surface area contributed by atoms with Gasteiger partial charge in [-0.15, -0.1) is 0 Å². The van der Waals surface area contributed by atoms with Gasteiger partial charge in [-0.3, -0.25) is 4.79 Å². The molecule has 1 aliphatic carbocycles. The zero-order valence-corrected chi connectivity index (χ0v) is 12.7. The fourth-order valence-electron chi connectivity index (χ4n) is 3.29. The standard InChI is InChI=1S/C17H25NO2/c1-13-8-10-17(11-9-13,16(19)20)12-18(3)15-7-5-4-6-14(15)2/h4-7,13H,8-12H2,1-3H3,(H,19,20). The Morgan fingerprint density at radius 3 is 2.50 bits per heavy atom. The van der Waals surface area contributed by atoms with Crippen LogP contribution < -0.4 is 4.90 Å². The summed E-state index contributed by atoms with van der Waals surface area (Å²) < 4.78 is 0. The molecule has 0 atom stereocenters. The highest BCUT2D eigenvalue weighted by molar-refractivity contribution is 5.76. The molecule has 1 N–H and O–H groups in total. The number of para-hydroxylation sites is 1. The second-order valence-corrected chi connectivity index (χ2v) is 6.41. The first-order valence-corrected chi connectivity index (χ1v) is 7.45. The van der Waals surface area contributed by atoms with Gasteiger partial charge in [0.2, 0.25) is 0 Å². The van der Waals surface area contributed by atoms with E-state index in [-0.39, 0.29) is 0 Å². The summed E-state index contributed by atoms with van der Waals surface area (Å²) >= 11 is 0. The van der Waals surface area contributed by atoms with Crippen molar-refractivity contribution in [2.75, 3.05) is 18.5 Å².